The van der Waals surface area contributed by atoms with Gasteiger partial charge in [-0.2, -0.15) is 0 Å². The van der Waals surface area contributed by atoms with Crippen molar-refractivity contribution in [3.63, 3.8) is 0 Å². The Morgan fingerprint density at radius 3 is 2.32 bits per heavy atom. The molecule has 1 heterocycles. The monoisotopic (exact) mass is 344 g/mol. The van der Waals surface area contributed by atoms with Crippen LogP contribution in [0.5, 0.6) is 0 Å². The number of ether oxygens (including phenoxy) is 1. The molecule has 3 aromatic rings. The summed E-state index contributed by atoms with van der Waals surface area (Å²) < 4.78 is 9.98. The van der Waals surface area contributed by atoms with E-state index in [0.717, 1.165) is 31.4 Å². The van der Waals surface area contributed by atoms with Gasteiger partial charge in [-0.3, -0.25) is 25.0 Å². The topological polar surface area (TPSA) is 143 Å². The van der Waals surface area contributed by atoms with Crippen LogP contribution in [0.25, 0.3) is 21.9 Å². The first-order valence-corrected chi connectivity index (χ1v) is 6.75. The minimum atomic E-state index is -0.958. The van der Waals surface area contributed by atoms with Gasteiger partial charge in [0.15, 0.2) is 0 Å². The number of benzene rings is 2. The largest absolute Gasteiger partial charge is 0.465 e. The van der Waals surface area contributed by atoms with Crippen LogP contribution in [0.4, 0.5) is 11.4 Å². The first-order chi connectivity index (χ1) is 11.8. The molecule has 0 spiro atoms. The molecule has 0 radical (unpaired) electrons. The fourth-order valence-corrected chi connectivity index (χ4v) is 2.42. The van der Waals surface area contributed by atoms with Gasteiger partial charge in [0.1, 0.15) is 16.7 Å². The van der Waals surface area contributed by atoms with Crippen molar-refractivity contribution in [2.24, 2.45) is 0 Å². The molecule has 0 fully saturated rings. The van der Waals surface area contributed by atoms with Crippen molar-refractivity contribution in [3.8, 4) is 0 Å². The molecule has 10 heteroatoms. The van der Waals surface area contributed by atoms with Crippen molar-refractivity contribution in [3.05, 3.63) is 66.3 Å². The van der Waals surface area contributed by atoms with Crippen molar-refractivity contribution >= 4 is 39.3 Å². The molecule has 2 aromatic carbocycles. The number of non-ortho nitro benzene ring substituents is 1. The van der Waals surface area contributed by atoms with Crippen molar-refractivity contribution in [1.82, 2.24) is 0 Å². The van der Waals surface area contributed by atoms with Crippen molar-refractivity contribution in [1.29, 1.82) is 0 Å². The number of fused-ring (bicyclic) bond motifs is 2. The first kappa shape index (κ1) is 16.1. The number of rotatable bonds is 3. The fourth-order valence-electron chi connectivity index (χ4n) is 2.42. The van der Waals surface area contributed by atoms with E-state index in [1.165, 1.54) is 6.07 Å². The highest BCUT2D eigenvalue weighted by molar-refractivity contribution is 6.00. The zero-order valence-electron chi connectivity index (χ0n) is 12.5. The number of nitrogens with zero attached hydrogens (tertiary/aromatic N) is 2. The summed E-state index contributed by atoms with van der Waals surface area (Å²) >= 11 is 0. The standard InChI is InChI=1S/C15H8N2O8/c1-24-15(19)8-6-13-10(5-11(8)17(22)23)14(18)9-4-7(16(20)21)2-3-12(9)25-13/h2-6H,1H3. The molecule has 0 saturated carbocycles. The van der Waals surface area contributed by atoms with Gasteiger partial charge in [-0.15, -0.1) is 0 Å². The van der Waals surface area contributed by atoms with Gasteiger partial charge in [-0.25, -0.2) is 4.79 Å². The van der Waals surface area contributed by atoms with E-state index in [9.17, 15) is 29.8 Å². The average Bonchev–Trinajstić information content (AvgIpc) is 2.59. The average molecular weight is 344 g/mol. The van der Waals surface area contributed by atoms with Crippen LogP contribution in [0, 0.1) is 20.2 Å². The molecule has 0 N–H and O–H groups in total. The summed E-state index contributed by atoms with van der Waals surface area (Å²) in [5, 5.41) is 21.8. The lowest BCUT2D eigenvalue weighted by Gasteiger charge is -2.05. The van der Waals surface area contributed by atoms with E-state index in [-0.39, 0.29) is 33.2 Å². The smallest absolute Gasteiger partial charge is 0.345 e. The number of hydrogen-bond acceptors (Lipinski definition) is 8. The van der Waals surface area contributed by atoms with Gasteiger partial charge >= 0.3 is 5.97 Å². The van der Waals surface area contributed by atoms with Crippen LogP contribution >= 0.6 is 0 Å². The van der Waals surface area contributed by atoms with E-state index in [0.29, 0.717) is 0 Å². The maximum atomic E-state index is 12.6. The zero-order chi connectivity index (χ0) is 18.3. The number of carbonyl (C=O) groups excluding carboxylic acids is 1. The Balaban J connectivity index is 2.43. The van der Waals surface area contributed by atoms with E-state index in [1.807, 2.05) is 0 Å². The summed E-state index contributed by atoms with van der Waals surface area (Å²) in [7, 11) is 1.06. The van der Waals surface area contributed by atoms with Crippen LogP contribution in [0.2, 0.25) is 0 Å². The number of nitro benzene ring substituents is 2. The highest BCUT2D eigenvalue weighted by Gasteiger charge is 2.24. The second-order valence-corrected chi connectivity index (χ2v) is 4.98. The molecular weight excluding hydrogens is 336 g/mol. The Kier molecular flexibility index (Phi) is 3.64. The minimum absolute atomic E-state index is 0.0489. The van der Waals surface area contributed by atoms with Crippen molar-refractivity contribution in [2.45, 2.75) is 0 Å². The van der Waals surface area contributed by atoms with Gasteiger partial charge in [0.25, 0.3) is 11.4 Å². The van der Waals surface area contributed by atoms with E-state index in [4.69, 9.17) is 4.42 Å². The molecular formula is C15H8N2O8. The molecule has 10 nitrogen and oxygen atoms in total. The van der Waals surface area contributed by atoms with E-state index in [2.05, 4.69) is 4.74 Å². The van der Waals surface area contributed by atoms with Crippen molar-refractivity contribution < 1.29 is 23.8 Å². The number of hydrogen-bond donors (Lipinski definition) is 0. The fraction of sp³-hybridized carbons (Fsp3) is 0.0667. The van der Waals surface area contributed by atoms with Gasteiger partial charge in [0, 0.05) is 24.3 Å². The molecule has 0 bridgehead atoms. The maximum absolute atomic E-state index is 12.6. The number of carbonyl (C=O) groups is 1. The van der Waals surface area contributed by atoms with Gasteiger partial charge in [-0.05, 0) is 6.07 Å². The molecule has 0 atom stereocenters. The number of methoxy groups -OCH3 is 1. The third-order valence-corrected chi connectivity index (χ3v) is 3.58. The molecule has 0 amide bonds. The van der Waals surface area contributed by atoms with Crippen LogP contribution in [0.1, 0.15) is 10.4 Å². The van der Waals surface area contributed by atoms with E-state index in [1.54, 1.807) is 0 Å². The van der Waals surface area contributed by atoms with Gasteiger partial charge in [-0.1, -0.05) is 0 Å². The molecule has 25 heavy (non-hydrogen) atoms. The Morgan fingerprint density at radius 1 is 1.04 bits per heavy atom. The summed E-state index contributed by atoms with van der Waals surface area (Å²) in [6.45, 7) is 0. The highest BCUT2D eigenvalue weighted by atomic mass is 16.6. The number of esters is 1. The van der Waals surface area contributed by atoms with Crippen LogP contribution < -0.4 is 5.43 Å². The molecule has 0 saturated heterocycles. The lowest BCUT2D eigenvalue weighted by atomic mass is 10.1. The summed E-state index contributed by atoms with van der Waals surface area (Å²) in [4.78, 5) is 44.8. The predicted octanol–water partition coefficient (Wildman–Crippen LogP) is 2.55. The molecule has 1 aromatic heterocycles. The normalized spacial score (nSPS) is 10.8. The Hall–Kier alpha value is -3.82. The maximum Gasteiger partial charge on any atom is 0.345 e. The number of nitro groups is 2. The molecule has 0 aliphatic rings. The highest BCUT2D eigenvalue weighted by Crippen LogP contribution is 2.28. The zero-order valence-corrected chi connectivity index (χ0v) is 12.5. The van der Waals surface area contributed by atoms with Gasteiger partial charge in [0.05, 0.1) is 27.7 Å². The Labute approximate surface area is 137 Å². The summed E-state index contributed by atoms with van der Waals surface area (Å²) in [6, 6.07) is 5.37. The minimum Gasteiger partial charge on any atom is -0.465 e. The third-order valence-electron chi connectivity index (χ3n) is 3.58. The van der Waals surface area contributed by atoms with E-state index >= 15 is 0 Å². The quantitative estimate of drug-likeness (QED) is 0.305. The summed E-state index contributed by atoms with van der Waals surface area (Å²) in [6.07, 6.45) is 0. The predicted molar refractivity (Wildman–Crippen MR) is 84.6 cm³/mol. The third kappa shape index (κ3) is 2.55. The summed E-state index contributed by atoms with van der Waals surface area (Å²) in [5.74, 6) is -0.958. The van der Waals surface area contributed by atoms with Crippen LogP contribution in [0.15, 0.2) is 39.5 Å². The Bertz CT molecular complexity index is 1130. The summed E-state index contributed by atoms with van der Waals surface area (Å²) in [5.41, 5.74) is -2.02. The second-order valence-electron chi connectivity index (χ2n) is 4.98. The van der Waals surface area contributed by atoms with Crippen molar-refractivity contribution in [2.75, 3.05) is 7.11 Å². The molecule has 0 unspecified atom stereocenters. The van der Waals surface area contributed by atoms with E-state index < -0.39 is 26.9 Å². The second kappa shape index (κ2) is 5.67. The van der Waals surface area contributed by atoms with Crippen LogP contribution in [0.3, 0.4) is 0 Å². The first-order valence-electron chi connectivity index (χ1n) is 6.75. The Morgan fingerprint density at radius 2 is 1.72 bits per heavy atom. The molecule has 0 aliphatic carbocycles. The van der Waals surface area contributed by atoms with Crippen LogP contribution in [-0.4, -0.2) is 22.9 Å². The SMILES string of the molecule is COC(=O)c1cc2oc3ccc([N+](=O)[O-])cc3c(=O)c2cc1[N+](=O)[O-]. The molecule has 0 aliphatic heterocycles. The van der Waals surface area contributed by atoms with Crippen LogP contribution in [-0.2, 0) is 4.74 Å². The van der Waals surface area contributed by atoms with Gasteiger partial charge < -0.3 is 9.15 Å². The van der Waals surface area contributed by atoms with Gasteiger partial charge in [0.2, 0.25) is 5.43 Å². The molecule has 3 rings (SSSR count). The lowest BCUT2D eigenvalue weighted by Crippen LogP contribution is -2.09. The lowest BCUT2D eigenvalue weighted by molar-refractivity contribution is -0.385. The molecule has 126 valence electrons.